The Balaban J connectivity index is 2.07. The minimum Gasteiger partial charge on any atom is -0.508 e. The second-order valence-corrected chi connectivity index (χ2v) is 6.12. The van der Waals surface area contributed by atoms with E-state index in [9.17, 15) is 5.11 Å². The van der Waals surface area contributed by atoms with Gasteiger partial charge >= 0.3 is 0 Å². The summed E-state index contributed by atoms with van der Waals surface area (Å²) in [5.41, 5.74) is 3.03. The van der Waals surface area contributed by atoms with Crippen molar-refractivity contribution in [1.29, 1.82) is 0 Å². The molecule has 1 N–H and O–H groups in total. The Kier molecular flexibility index (Phi) is 2.50. The molecular formula is C19H18O. The third-order valence-corrected chi connectivity index (χ3v) is 4.67. The summed E-state index contributed by atoms with van der Waals surface area (Å²) in [5, 5.41) is 14.8. The standard InChI is InChI=1S/C19H18O/c1-12-2-7-16-14(10-12)5-9-18-17(16)8-4-13-3-6-15(20)11-19(13)18/h3-6,8-9,11-12,20H,2,7,10H2,1H3. The van der Waals surface area contributed by atoms with Gasteiger partial charge in [-0.25, -0.2) is 0 Å². The summed E-state index contributed by atoms with van der Waals surface area (Å²) in [5.74, 6) is 1.14. The van der Waals surface area contributed by atoms with E-state index in [-0.39, 0.29) is 0 Å². The van der Waals surface area contributed by atoms with E-state index in [1.165, 1.54) is 46.5 Å². The van der Waals surface area contributed by atoms with Crippen LogP contribution in [0.25, 0.3) is 21.5 Å². The fourth-order valence-electron chi connectivity index (χ4n) is 3.59. The monoisotopic (exact) mass is 262 g/mol. The summed E-state index contributed by atoms with van der Waals surface area (Å²) >= 11 is 0. The van der Waals surface area contributed by atoms with E-state index in [1.54, 1.807) is 6.07 Å². The molecule has 1 heteroatoms. The Hall–Kier alpha value is -2.02. The predicted molar refractivity (Wildman–Crippen MR) is 84.3 cm³/mol. The highest BCUT2D eigenvalue weighted by atomic mass is 16.3. The van der Waals surface area contributed by atoms with Crippen molar-refractivity contribution in [2.24, 2.45) is 5.92 Å². The zero-order chi connectivity index (χ0) is 13.7. The molecule has 0 aromatic heterocycles. The maximum atomic E-state index is 9.76. The smallest absolute Gasteiger partial charge is 0.116 e. The molecule has 0 aliphatic heterocycles. The molecule has 0 amide bonds. The summed E-state index contributed by atoms with van der Waals surface area (Å²) in [7, 11) is 0. The lowest BCUT2D eigenvalue weighted by Crippen LogP contribution is -2.11. The molecule has 1 unspecified atom stereocenters. The van der Waals surface area contributed by atoms with Gasteiger partial charge in [0.15, 0.2) is 0 Å². The first-order valence-corrected chi connectivity index (χ1v) is 7.38. The molecule has 20 heavy (non-hydrogen) atoms. The Morgan fingerprint density at radius 1 is 0.950 bits per heavy atom. The average molecular weight is 262 g/mol. The number of rotatable bonds is 0. The Bertz CT molecular complexity index is 817. The SMILES string of the molecule is CC1CCc2c(ccc3c2ccc2ccc(O)cc23)C1. The number of phenolic OH excluding ortho intramolecular Hbond substituents is 1. The van der Waals surface area contributed by atoms with Crippen LogP contribution < -0.4 is 0 Å². The van der Waals surface area contributed by atoms with Crippen LogP contribution in [0, 0.1) is 5.92 Å². The van der Waals surface area contributed by atoms with Gasteiger partial charge in [-0.05, 0) is 70.0 Å². The van der Waals surface area contributed by atoms with Crippen molar-refractivity contribution in [3.8, 4) is 5.75 Å². The quantitative estimate of drug-likeness (QED) is 0.576. The van der Waals surface area contributed by atoms with Crippen LogP contribution in [0.4, 0.5) is 0 Å². The lowest BCUT2D eigenvalue weighted by molar-refractivity contribution is 0.476. The van der Waals surface area contributed by atoms with Gasteiger partial charge in [0.2, 0.25) is 0 Å². The third-order valence-electron chi connectivity index (χ3n) is 4.67. The molecule has 0 radical (unpaired) electrons. The van der Waals surface area contributed by atoms with Crippen molar-refractivity contribution in [3.05, 3.63) is 53.6 Å². The van der Waals surface area contributed by atoms with Crippen LogP contribution in [0.2, 0.25) is 0 Å². The van der Waals surface area contributed by atoms with Crippen LogP contribution in [-0.4, -0.2) is 5.11 Å². The fourth-order valence-corrected chi connectivity index (χ4v) is 3.59. The van der Waals surface area contributed by atoms with Gasteiger partial charge in [0.05, 0.1) is 0 Å². The van der Waals surface area contributed by atoms with E-state index in [0.29, 0.717) is 5.75 Å². The van der Waals surface area contributed by atoms with Gasteiger partial charge in [-0.15, -0.1) is 0 Å². The van der Waals surface area contributed by atoms with E-state index in [0.717, 1.165) is 11.3 Å². The van der Waals surface area contributed by atoms with Gasteiger partial charge in [-0.1, -0.05) is 37.3 Å². The molecule has 3 aromatic carbocycles. The number of hydrogen-bond acceptors (Lipinski definition) is 1. The largest absolute Gasteiger partial charge is 0.508 e. The molecule has 0 saturated carbocycles. The maximum absolute atomic E-state index is 9.76. The average Bonchev–Trinajstić information content (AvgIpc) is 2.46. The number of phenols is 1. The first-order chi connectivity index (χ1) is 9.72. The zero-order valence-electron chi connectivity index (χ0n) is 11.7. The summed E-state index contributed by atoms with van der Waals surface area (Å²) < 4.78 is 0. The molecule has 0 fully saturated rings. The highest BCUT2D eigenvalue weighted by Crippen LogP contribution is 2.35. The van der Waals surface area contributed by atoms with Gasteiger partial charge in [-0.3, -0.25) is 0 Å². The summed E-state index contributed by atoms with van der Waals surface area (Å²) in [6.45, 7) is 2.34. The van der Waals surface area contributed by atoms with E-state index in [1.807, 2.05) is 12.1 Å². The van der Waals surface area contributed by atoms with Crippen LogP contribution in [0.15, 0.2) is 42.5 Å². The van der Waals surface area contributed by atoms with Crippen molar-refractivity contribution in [1.82, 2.24) is 0 Å². The molecule has 0 spiro atoms. The minimum atomic E-state index is 0.344. The molecule has 4 rings (SSSR count). The lowest BCUT2D eigenvalue weighted by Gasteiger charge is -2.23. The van der Waals surface area contributed by atoms with E-state index >= 15 is 0 Å². The molecule has 3 aromatic rings. The second kappa shape index (κ2) is 4.24. The molecule has 1 aliphatic carbocycles. The number of fused-ring (bicyclic) bond motifs is 5. The highest BCUT2D eigenvalue weighted by molar-refractivity contribution is 6.09. The van der Waals surface area contributed by atoms with Gasteiger partial charge in [0.25, 0.3) is 0 Å². The summed E-state index contributed by atoms with van der Waals surface area (Å²) in [6.07, 6.45) is 3.66. The van der Waals surface area contributed by atoms with Crippen molar-refractivity contribution < 1.29 is 5.11 Å². The Morgan fingerprint density at radius 2 is 1.75 bits per heavy atom. The minimum absolute atomic E-state index is 0.344. The molecular weight excluding hydrogens is 244 g/mol. The highest BCUT2D eigenvalue weighted by Gasteiger charge is 2.17. The molecule has 100 valence electrons. The van der Waals surface area contributed by atoms with Gasteiger partial charge in [0, 0.05) is 0 Å². The van der Waals surface area contributed by atoms with Crippen LogP contribution >= 0.6 is 0 Å². The Morgan fingerprint density at radius 3 is 2.65 bits per heavy atom. The third kappa shape index (κ3) is 1.70. The number of aromatic hydroxyl groups is 1. The summed E-state index contributed by atoms with van der Waals surface area (Å²) in [6, 6.07) is 14.6. The first-order valence-electron chi connectivity index (χ1n) is 7.38. The molecule has 1 aliphatic rings. The lowest BCUT2D eigenvalue weighted by atomic mass is 9.82. The van der Waals surface area contributed by atoms with Gasteiger partial charge in [-0.2, -0.15) is 0 Å². The van der Waals surface area contributed by atoms with Crippen molar-refractivity contribution in [2.75, 3.05) is 0 Å². The number of benzene rings is 3. The normalized spacial score (nSPS) is 18.4. The first kappa shape index (κ1) is 11.8. The van der Waals surface area contributed by atoms with E-state index in [4.69, 9.17) is 0 Å². The fraction of sp³-hybridized carbons (Fsp3) is 0.263. The Labute approximate surface area is 118 Å². The van der Waals surface area contributed by atoms with Crippen molar-refractivity contribution in [3.63, 3.8) is 0 Å². The zero-order valence-corrected chi connectivity index (χ0v) is 11.7. The molecule has 0 bridgehead atoms. The number of aryl methyl sites for hydroxylation is 1. The maximum Gasteiger partial charge on any atom is 0.116 e. The van der Waals surface area contributed by atoms with E-state index in [2.05, 4.69) is 31.2 Å². The van der Waals surface area contributed by atoms with Crippen LogP contribution in [0.1, 0.15) is 24.5 Å². The predicted octanol–water partition coefficient (Wildman–Crippen LogP) is 4.82. The topological polar surface area (TPSA) is 20.2 Å². The van der Waals surface area contributed by atoms with Crippen LogP contribution in [-0.2, 0) is 12.8 Å². The van der Waals surface area contributed by atoms with Crippen LogP contribution in [0.3, 0.4) is 0 Å². The molecule has 1 atom stereocenters. The van der Waals surface area contributed by atoms with Crippen LogP contribution in [0.5, 0.6) is 5.75 Å². The molecule has 0 heterocycles. The second-order valence-electron chi connectivity index (χ2n) is 6.12. The van der Waals surface area contributed by atoms with Crippen molar-refractivity contribution >= 4 is 21.5 Å². The molecule has 0 saturated heterocycles. The van der Waals surface area contributed by atoms with Gasteiger partial charge in [0.1, 0.15) is 5.75 Å². The number of hydrogen-bond donors (Lipinski definition) is 1. The molecule has 1 nitrogen and oxygen atoms in total. The van der Waals surface area contributed by atoms with E-state index < -0.39 is 0 Å². The summed E-state index contributed by atoms with van der Waals surface area (Å²) in [4.78, 5) is 0. The van der Waals surface area contributed by atoms with Gasteiger partial charge < -0.3 is 5.11 Å². The van der Waals surface area contributed by atoms with Crippen molar-refractivity contribution in [2.45, 2.75) is 26.2 Å².